The molecule has 7 nitrogen and oxygen atoms in total. The molecule has 4 aromatic rings. The number of benzene rings is 2. The lowest BCUT2D eigenvalue weighted by molar-refractivity contribution is 0.0995. The van der Waals surface area contributed by atoms with Crippen LogP contribution >= 0.6 is 0 Å². The first-order chi connectivity index (χ1) is 21.7. The summed E-state index contributed by atoms with van der Waals surface area (Å²) in [5, 5.41) is 0. The monoisotopic (exact) mass is 646 g/mol. The van der Waals surface area contributed by atoms with E-state index < -0.39 is 0 Å². The van der Waals surface area contributed by atoms with Crippen molar-refractivity contribution in [2.45, 2.75) is 97.9 Å². The van der Waals surface area contributed by atoms with Crippen molar-refractivity contribution in [3.8, 4) is 0 Å². The van der Waals surface area contributed by atoms with Gasteiger partial charge in [0.15, 0.2) is 17.3 Å². The van der Waals surface area contributed by atoms with Gasteiger partial charge in [-0.1, -0.05) is 119 Å². The number of hydrogen-bond donors (Lipinski definition) is 1. The first-order valence-electron chi connectivity index (χ1n) is 15.6. The van der Waals surface area contributed by atoms with Crippen LogP contribution in [0.5, 0.6) is 0 Å². The van der Waals surface area contributed by atoms with E-state index in [0.717, 1.165) is 22.8 Å². The third-order valence-electron chi connectivity index (χ3n) is 4.80. The normalized spacial score (nSPS) is 8.55. The fourth-order valence-electron chi connectivity index (χ4n) is 2.87. The van der Waals surface area contributed by atoms with Gasteiger partial charge in [-0.05, 0) is 55.5 Å². The number of nitrogen functional groups attached to an aromatic ring is 1. The van der Waals surface area contributed by atoms with Gasteiger partial charge >= 0.3 is 0 Å². The lowest BCUT2D eigenvalue weighted by atomic mass is 10.2. The highest BCUT2D eigenvalue weighted by molar-refractivity contribution is 6.00. The van der Waals surface area contributed by atoms with E-state index >= 15 is 0 Å². The number of nitrogens with two attached hydrogens (primary N) is 1. The van der Waals surface area contributed by atoms with Crippen LogP contribution in [-0.2, 0) is 0 Å². The molecule has 4 rings (SSSR count). The molecule has 0 aliphatic carbocycles. The van der Waals surface area contributed by atoms with Crippen LogP contribution in [0.3, 0.4) is 0 Å². The number of anilines is 1. The van der Waals surface area contributed by atoms with Gasteiger partial charge in [0.2, 0.25) is 0 Å². The second-order valence-corrected chi connectivity index (χ2v) is 7.93. The molecule has 2 N–H and O–H groups in total. The molecule has 0 saturated carbocycles. The van der Waals surface area contributed by atoms with E-state index in [1.165, 1.54) is 20.8 Å². The maximum atomic E-state index is 11.3. The van der Waals surface area contributed by atoms with Crippen molar-refractivity contribution in [2.75, 3.05) is 5.73 Å². The summed E-state index contributed by atoms with van der Waals surface area (Å²) >= 11 is 0. The Balaban J connectivity index is -0.000000177. The minimum atomic E-state index is -0.127. The van der Waals surface area contributed by atoms with Crippen LogP contribution in [-0.4, -0.2) is 33.0 Å². The summed E-state index contributed by atoms with van der Waals surface area (Å²) in [6, 6.07) is 29.4. The number of rotatable bonds is 5. The van der Waals surface area contributed by atoms with Gasteiger partial charge in [0.05, 0.1) is 17.1 Å². The molecule has 0 aliphatic rings. The molecule has 0 bridgehead atoms. The molecule has 2 aromatic carbocycles. The van der Waals surface area contributed by atoms with Crippen molar-refractivity contribution >= 4 is 34.4 Å². The minimum absolute atomic E-state index is 0. The number of para-hydroxylation sites is 2. The number of ketones is 3. The van der Waals surface area contributed by atoms with Crippen molar-refractivity contribution in [1.29, 1.82) is 0 Å². The van der Waals surface area contributed by atoms with Gasteiger partial charge in [-0.25, -0.2) is 9.97 Å². The van der Waals surface area contributed by atoms with Crippen molar-refractivity contribution in [2.24, 2.45) is 4.99 Å². The highest BCUT2D eigenvalue weighted by Crippen LogP contribution is 2.12. The Kier molecular flexibility index (Phi) is 37.6. The average Bonchev–Trinajstić information content (AvgIpc) is 3.10. The maximum absolute atomic E-state index is 11.3. The Morgan fingerprint density at radius 1 is 0.468 bits per heavy atom. The third kappa shape index (κ3) is 24.2. The number of carbonyl (C=O) groups is 3. The smallest absolute Gasteiger partial charge is 0.178 e. The van der Waals surface area contributed by atoms with Gasteiger partial charge in [0.25, 0.3) is 0 Å². The minimum Gasteiger partial charge on any atom is -0.399 e. The van der Waals surface area contributed by atoms with E-state index in [4.69, 9.17) is 5.73 Å². The second-order valence-electron chi connectivity index (χ2n) is 7.93. The number of carbonyl (C=O) groups excluding carboxylic acids is 3. The van der Waals surface area contributed by atoms with Gasteiger partial charge in [-0.2, -0.15) is 0 Å². The molecule has 47 heavy (non-hydrogen) atoms. The van der Waals surface area contributed by atoms with Crippen molar-refractivity contribution in [3.05, 3.63) is 120 Å². The molecule has 0 fully saturated rings. The number of aliphatic imine (C=N–C) groups is 1. The highest BCUT2D eigenvalue weighted by Gasteiger charge is 2.05. The van der Waals surface area contributed by atoms with E-state index in [1.54, 1.807) is 24.3 Å². The lowest BCUT2D eigenvalue weighted by Gasteiger charge is -2.02. The molecule has 0 atom stereocenters. The van der Waals surface area contributed by atoms with Crippen LogP contribution in [0.15, 0.2) is 102 Å². The third-order valence-corrected chi connectivity index (χ3v) is 4.80. The van der Waals surface area contributed by atoms with Crippen molar-refractivity contribution in [1.82, 2.24) is 9.97 Å². The van der Waals surface area contributed by atoms with E-state index in [0.29, 0.717) is 17.1 Å². The second kappa shape index (κ2) is 34.1. The standard InChI is InChI=1S/C15H14N2O.C9H9NO2.C6H7N.4C2H6.2CH4/c1-11(16-13-7-4-3-5-8-13)14-9-6-10-15(17-14)12(2)18;1-6(11)8-4-3-5-9(10-8)7(2)12;7-6-4-2-1-3-5-6;4*1-2;;/h3-10H,1-2H3;3-5H,1-2H3;1-5H,7H2;4*1-2H3;2*1H4. The first-order valence-corrected chi connectivity index (χ1v) is 15.6. The molecule has 260 valence electrons. The van der Waals surface area contributed by atoms with E-state index in [2.05, 4.69) is 15.0 Å². The van der Waals surface area contributed by atoms with Crippen LogP contribution in [0, 0.1) is 0 Å². The Morgan fingerprint density at radius 3 is 1.06 bits per heavy atom. The quantitative estimate of drug-likeness (QED) is 0.131. The van der Waals surface area contributed by atoms with Gasteiger partial charge in [0, 0.05) is 26.5 Å². The Morgan fingerprint density at radius 2 is 0.766 bits per heavy atom. The zero-order valence-electron chi connectivity index (χ0n) is 29.4. The summed E-state index contributed by atoms with van der Waals surface area (Å²) < 4.78 is 0. The van der Waals surface area contributed by atoms with Crippen molar-refractivity contribution < 1.29 is 14.4 Å². The van der Waals surface area contributed by atoms with E-state index in [1.807, 2.05) is 135 Å². The summed E-state index contributed by atoms with van der Waals surface area (Å²) in [5.74, 6) is -0.291. The van der Waals surface area contributed by atoms with Gasteiger partial charge in [-0.15, -0.1) is 0 Å². The summed E-state index contributed by atoms with van der Waals surface area (Å²) in [6.45, 7) is 22.2. The van der Waals surface area contributed by atoms with Crippen LogP contribution in [0.1, 0.15) is 135 Å². The van der Waals surface area contributed by atoms with Crippen LogP contribution < -0.4 is 5.73 Å². The molecular weight excluding hydrogens is 584 g/mol. The predicted octanol–water partition coefficient (Wildman–Crippen LogP) is 11.6. The summed E-state index contributed by atoms with van der Waals surface area (Å²) in [7, 11) is 0. The molecule has 0 radical (unpaired) electrons. The molecule has 0 saturated heterocycles. The lowest BCUT2D eigenvalue weighted by Crippen LogP contribution is -2.03. The SMILES string of the molecule is C.C.CC.CC.CC.CC.CC(=O)c1cccc(C(C)=Nc2ccccc2)n1.CC(=O)c1cccc(C(C)=O)n1.Nc1ccccc1. The van der Waals surface area contributed by atoms with Crippen LogP contribution in [0.25, 0.3) is 0 Å². The number of aromatic nitrogens is 2. The molecule has 0 aliphatic heterocycles. The van der Waals surface area contributed by atoms with E-state index in [-0.39, 0.29) is 32.2 Å². The predicted molar refractivity (Wildman–Crippen MR) is 207 cm³/mol. The van der Waals surface area contributed by atoms with Crippen molar-refractivity contribution in [3.63, 3.8) is 0 Å². The molecule has 0 amide bonds. The van der Waals surface area contributed by atoms with E-state index in [9.17, 15) is 14.4 Å². The summed E-state index contributed by atoms with van der Waals surface area (Å²) in [6.07, 6.45) is 0. The van der Waals surface area contributed by atoms with Gasteiger partial charge < -0.3 is 5.73 Å². The summed E-state index contributed by atoms with van der Waals surface area (Å²) in [4.78, 5) is 45.6. The molecule has 2 heterocycles. The zero-order chi connectivity index (χ0) is 35.2. The topological polar surface area (TPSA) is 115 Å². The number of pyridine rings is 2. The molecule has 2 aromatic heterocycles. The Labute approximate surface area is 286 Å². The fourth-order valence-corrected chi connectivity index (χ4v) is 2.87. The molecular formula is C40H62N4O3. The maximum Gasteiger partial charge on any atom is 0.178 e. The molecule has 7 heteroatoms. The Hall–Kier alpha value is -4.78. The average molecular weight is 647 g/mol. The molecule has 0 spiro atoms. The molecule has 0 unspecified atom stereocenters. The van der Waals surface area contributed by atoms with Gasteiger partial charge in [-0.3, -0.25) is 19.4 Å². The first kappa shape index (κ1) is 51.8. The largest absolute Gasteiger partial charge is 0.399 e. The fraction of sp³-hybridized carbons (Fsp3) is 0.350. The number of nitrogens with zero attached hydrogens (tertiary/aromatic N) is 3. The highest BCUT2D eigenvalue weighted by atomic mass is 16.1. The number of Topliss-reactive ketones (excluding diaryl/α,β-unsaturated/α-hetero) is 3. The number of hydrogen-bond acceptors (Lipinski definition) is 7. The van der Waals surface area contributed by atoms with Gasteiger partial charge in [0.1, 0.15) is 17.1 Å². The Bertz CT molecular complexity index is 1340. The van der Waals surface area contributed by atoms with Crippen LogP contribution in [0.2, 0.25) is 0 Å². The zero-order valence-corrected chi connectivity index (χ0v) is 29.4. The van der Waals surface area contributed by atoms with Crippen LogP contribution in [0.4, 0.5) is 11.4 Å². The summed E-state index contributed by atoms with van der Waals surface area (Å²) in [5.41, 5.74) is 9.72.